The molecule has 18 heavy (non-hydrogen) atoms. The molecule has 0 aliphatic heterocycles. The van der Waals surface area contributed by atoms with E-state index in [1.165, 1.54) is 0 Å². The number of hydrogen-bond acceptors (Lipinski definition) is 3. The van der Waals surface area contributed by atoms with Gasteiger partial charge in [-0.2, -0.15) is 9.65 Å². The fourth-order valence-corrected chi connectivity index (χ4v) is 2.13. The van der Waals surface area contributed by atoms with Crippen LogP contribution in [0.3, 0.4) is 0 Å². The standard InChI is InChI=1S/C12H11F2N3O/c13-10-8(4-5-16-11(10)14)12(18)17-9-3-1-2-7(9)6-15/h4-5,7,9H,1-3H2,(H,17,18). The van der Waals surface area contributed by atoms with Crippen molar-refractivity contribution >= 4 is 5.91 Å². The van der Waals surface area contributed by atoms with Crippen molar-refractivity contribution in [3.05, 3.63) is 29.6 Å². The summed E-state index contributed by atoms with van der Waals surface area (Å²) in [6, 6.07) is 2.92. The van der Waals surface area contributed by atoms with Crippen molar-refractivity contribution in [2.24, 2.45) is 5.92 Å². The van der Waals surface area contributed by atoms with Gasteiger partial charge in [0.15, 0.2) is 5.82 Å². The number of aromatic nitrogens is 1. The molecule has 2 unspecified atom stereocenters. The number of hydrogen-bond donors (Lipinski definition) is 1. The van der Waals surface area contributed by atoms with Gasteiger partial charge in [-0.25, -0.2) is 9.37 Å². The predicted octanol–water partition coefficient (Wildman–Crippen LogP) is 1.78. The van der Waals surface area contributed by atoms with Crippen LogP contribution in [0, 0.1) is 29.0 Å². The third-order valence-corrected chi connectivity index (χ3v) is 3.09. The summed E-state index contributed by atoms with van der Waals surface area (Å²) in [7, 11) is 0. The van der Waals surface area contributed by atoms with Crippen LogP contribution in [0.2, 0.25) is 0 Å². The molecule has 1 saturated carbocycles. The highest BCUT2D eigenvalue weighted by atomic mass is 19.2. The second kappa shape index (κ2) is 5.08. The minimum atomic E-state index is -1.30. The lowest BCUT2D eigenvalue weighted by Gasteiger charge is -2.15. The predicted molar refractivity (Wildman–Crippen MR) is 58.4 cm³/mol. The molecule has 4 nitrogen and oxygen atoms in total. The highest BCUT2D eigenvalue weighted by Crippen LogP contribution is 2.25. The molecule has 1 aromatic heterocycles. The molecule has 1 heterocycles. The normalized spacial score (nSPS) is 22.5. The van der Waals surface area contributed by atoms with Crippen LogP contribution in [-0.2, 0) is 0 Å². The summed E-state index contributed by atoms with van der Waals surface area (Å²) < 4.78 is 26.2. The molecular formula is C12H11F2N3O. The summed E-state index contributed by atoms with van der Waals surface area (Å²) in [6.07, 6.45) is 3.27. The lowest BCUT2D eigenvalue weighted by Crippen LogP contribution is -2.37. The zero-order valence-corrected chi connectivity index (χ0v) is 9.49. The van der Waals surface area contributed by atoms with E-state index < -0.39 is 17.7 Å². The summed E-state index contributed by atoms with van der Waals surface area (Å²) in [5.74, 6) is -3.53. The van der Waals surface area contributed by atoms with Crippen molar-refractivity contribution < 1.29 is 13.6 Å². The smallest absolute Gasteiger partial charge is 0.254 e. The molecule has 1 aromatic rings. The summed E-state index contributed by atoms with van der Waals surface area (Å²) >= 11 is 0. The quantitative estimate of drug-likeness (QED) is 0.815. The van der Waals surface area contributed by atoms with Crippen LogP contribution in [0.1, 0.15) is 29.6 Å². The highest BCUT2D eigenvalue weighted by Gasteiger charge is 2.29. The van der Waals surface area contributed by atoms with E-state index in [2.05, 4.69) is 16.4 Å². The molecule has 2 rings (SSSR count). The Balaban J connectivity index is 2.13. The summed E-state index contributed by atoms with van der Waals surface area (Å²) in [5.41, 5.74) is -0.383. The summed E-state index contributed by atoms with van der Waals surface area (Å²) in [5, 5.41) is 11.4. The van der Waals surface area contributed by atoms with Crippen molar-refractivity contribution in [2.75, 3.05) is 0 Å². The number of nitrogens with one attached hydrogen (secondary N) is 1. The van der Waals surface area contributed by atoms with Crippen molar-refractivity contribution in [3.63, 3.8) is 0 Å². The van der Waals surface area contributed by atoms with Gasteiger partial charge in [0.25, 0.3) is 5.91 Å². The molecule has 1 aliphatic carbocycles. The number of rotatable bonds is 2. The topological polar surface area (TPSA) is 65.8 Å². The van der Waals surface area contributed by atoms with Gasteiger partial charge < -0.3 is 5.32 Å². The van der Waals surface area contributed by atoms with Gasteiger partial charge in [-0.1, -0.05) is 0 Å². The van der Waals surface area contributed by atoms with E-state index in [-0.39, 0.29) is 17.5 Å². The van der Waals surface area contributed by atoms with E-state index in [0.717, 1.165) is 18.7 Å². The molecule has 1 fully saturated rings. The molecule has 0 saturated heterocycles. The number of amides is 1. The van der Waals surface area contributed by atoms with Crippen LogP contribution in [0.15, 0.2) is 12.3 Å². The van der Waals surface area contributed by atoms with Crippen LogP contribution in [0.5, 0.6) is 0 Å². The maximum absolute atomic E-state index is 13.3. The van der Waals surface area contributed by atoms with Gasteiger partial charge in [0.1, 0.15) is 0 Å². The first-order valence-electron chi connectivity index (χ1n) is 5.64. The molecule has 0 spiro atoms. The first-order valence-corrected chi connectivity index (χ1v) is 5.64. The van der Waals surface area contributed by atoms with E-state index >= 15 is 0 Å². The van der Waals surface area contributed by atoms with E-state index in [9.17, 15) is 13.6 Å². The summed E-state index contributed by atoms with van der Waals surface area (Å²) in [6.45, 7) is 0. The van der Waals surface area contributed by atoms with Crippen molar-refractivity contribution in [2.45, 2.75) is 25.3 Å². The largest absolute Gasteiger partial charge is 0.348 e. The number of carbonyl (C=O) groups is 1. The minimum Gasteiger partial charge on any atom is -0.348 e. The third kappa shape index (κ3) is 2.30. The van der Waals surface area contributed by atoms with Crippen molar-refractivity contribution in [1.82, 2.24) is 10.3 Å². The van der Waals surface area contributed by atoms with Crippen LogP contribution in [0.4, 0.5) is 8.78 Å². The fraction of sp³-hybridized carbons (Fsp3) is 0.417. The number of pyridine rings is 1. The number of nitrogens with zero attached hydrogens (tertiary/aromatic N) is 2. The number of halogens is 2. The van der Waals surface area contributed by atoms with Gasteiger partial charge in [0.2, 0.25) is 5.95 Å². The lowest BCUT2D eigenvalue weighted by atomic mass is 10.1. The van der Waals surface area contributed by atoms with Crippen molar-refractivity contribution in [3.8, 4) is 6.07 Å². The van der Waals surface area contributed by atoms with Gasteiger partial charge >= 0.3 is 0 Å². The average Bonchev–Trinajstić information content (AvgIpc) is 2.79. The SMILES string of the molecule is N#CC1CCCC1NC(=O)c1ccnc(F)c1F. The van der Waals surface area contributed by atoms with E-state index in [1.807, 2.05) is 0 Å². The Kier molecular flexibility index (Phi) is 3.51. The van der Waals surface area contributed by atoms with E-state index in [0.29, 0.717) is 12.8 Å². The van der Waals surface area contributed by atoms with Gasteiger partial charge in [-0.3, -0.25) is 4.79 Å². The molecule has 6 heteroatoms. The second-order valence-corrected chi connectivity index (χ2v) is 4.21. The van der Waals surface area contributed by atoms with Gasteiger partial charge in [-0.05, 0) is 25.3 Å². The number of carbonyl (C=O) groups excluding carboxylic acids is 1. The van der Waals surface area contributed by atoms with Crippen LogP contribution in [0.25, 0.3) is 0 Å². The Morgan fingerprint density at radius 3 is 3.00 bits per heavy atom. The van der Waals surface area contributed by atoms with E-state index in [4.69, 9.17) is 5.26 Å². The highest BCUT2D eigenvalue weighted by molar-refractivity contribution is 5.94. The molecule has 94 valence electrons. The maximum atomic E-state index is 13.3. The fourth-order valence-electron chi connectivity index (χ4n) is 2.13. The van der Waals surface area contributed by atoms with Gasteiger partial charge in [0, 0.05) is 12.2 Å². The van der Waals surface area contributed by atoms with Crippen molar-refractivity contribution in [1.29, 1.82) is 5.26 Å². The molecule has 0 radical (unpaired) electrons. The molecule has 1 N–H and O–H groups in total. The lowest BCUT2D eigenvalue weighted by molar-refractivity contribution is 0.0927. The third-order valence-electron chi connectivity index (χ3n) is 3.09. The van der Waals surface area contributed by atoms with E-state index in [1.54, 1.807) is 0 Å². The average molecular weight is 251 g/mol. The minimum absolute atomic E-state index is 0.260. The Hall–Kier alpha value is -2.03. The van der Waals surface area contributed by atoms with Gasteiger partial charge in [0.05, 0.1) is 17.6 Å². The Morgan fingerprint density at radius 1 is 1.50 bits per heavy atom. The molecule has 0 bridgehead atoms. The monoisotopic (exact) mass is 251 g/mol. The van der Waals surface area contributed by atoms with Gasteiger partial charge in [-0.15, -0.1) is 0 Å². The van der Waals surface area contributed by atoms with Crippen LogP contribution >= 0.6 is 0 Å². The molecule has 1 aliphatic rings. The zero-order chi connectivity index (χ0) is 13.1. The Bertz CT molecular complexity index is 513. The van der Waals surface area contributed by atoms with Crippen LogP contribution in [-0.4, -0.2) is 16.9 Å². The maximum Gasteiger partial charge on any atom is 0.254 e. The molecule has 1 amide bonds. The molecule has 2 atom stereocenters. The number of nitriles is 1. The molecule has 0 aromatic carbocycles. The first-order chi connectivity index (χ1) is 8.63. The summed E-state index contributed by atoms with van der Waals surface area (Å²) in [4.78, 5) is 14.9. The first kappa shape index (κ1) is 12.4. The van der Waals surface area contributed by atoms with Crippen LogP contribution < -0.4 is 5.32 Å². The molecular weight excluding hydrogens is 240 g/mol. The second-order valence-electron chi connectivity index (χ2n) is 4.21. The Labute approximate surface area is 103 Å². The Morgan fingerprint density at radius 2 is 2.28 bits per heavy atom. The zero-order valence-electron chi connectivity index (χ0n) is 9.49.